The summed E-state index contributed by atoms with van der Waals surface area (Å²) in [5, 5.41) is 0. The van der Waals surface area contributed by atoms with Crippen molar-refractivity contribution in [2.75, 3.05) is 0 Å². The maximum absolute atomic E-state index is 5.98. The highest BCUT2D eigenvalue weighted by Gasteiger charge is 2.01. The molecule has 0 rings (SSSR count). The van der Waals surface area contributed by atoms with Crippen LogP contribution >= 0.6 is 0 Å². The van der Waals surface area contributed by atoms with Gasteiger partial charge in [-0.05, 0) is 25.7 Å². The summed E-state index contributed by atoms with van der Waals surface area (Å²) < 4.78 is 0. The molecular formula is C15H34N2. The van der Waals surface area contributed by atoms with Gasteiger partial charge >= 0.3 is 0 Å². The van der Waals surface area contributed by atoms with E-state index in [1.165, 1.54) is 64.2 Å². The molecule has 17 heavy (non-hydrogen) atoms. The molecule has 2 unspecified atom stereocenters. The quantitative estimate of drug-likeness (QED) is 0.509. The normalized spacial score (nSPS) is 14.8. The summed E-state index contributed by atoms with van der Waals surface area (Å²) >= 11 is 0. The van der Waals surface area contributed by atoms with Gasteiger partial charge in [-0.1, -0.05) is 58.8 Å². The molecule has 0 amide bonds. The topological polar surface area (TPSA) is 52.0 Å². The van der Waals surface area contributed by atoms with Gasteiger partial charge in [-0.3, -0.25) is 0 Å². The van der Waals surface area contributed by atoms with Crippen molar-refractivity contribution in [2.45, 2.75) is 96.6 Å². The second-order valence-corrected chi connectivity index (χ2v) is 5.42. The van der Waals surface area contributed by atoms with Gasteiger partial charge in [-0.15, -0.1) is 0 Å². The van der Waals surface area contributed by atoms with Crippen molar-refractivity contribution in [3.63, 3.8) is 0 Å². The fraction of sp³-hybridized carbons (Fsp3) is 1.00. The fourth-order valence-corrected chi connectivity index (χ4v) is 2.24. The third-order valence-electron chi connectivity index (χ3n) is 3.58. The van der Waals surface area contributed by atoms with Crippen LogP contribution in [0.2, 0.25) is 0 Å². The summed E-state index contributed by atoms with van der Waals surface area (Å²) in [6, 6.07) is 0.879. The highest BCUT2D eigenvalue weighted by atomic mass is 14.6. The molecule has 0 bridgehead atoms. The monoisotopic (exact) mass is 242 g/mol. The highest BCUT2D eigenvalue weighted by molar-refractivity contribution is 4.61. The van der Waals surface area contributed by atoms with E-state index in [0.29, 0.717) is 12.1 Å². The summed E-state index contributed by atoms with van der Waals surface area (Å²) in [5.41, 5.74) is 11.9. The Kier molecular flexibility index (Phi) is 12.3. The first-order chi connectivity index (χ1) is 8.20. The molecule has 0 aliphatic carbocycles. The van der Waals surface area contributed by atoms with E-state index in [9.17, 15) is 0 Å². The number of unbranched alkanes of at least 4 members (excludes halogenated alkanes) is 5. The molecule has 0 spiro atoms. The van der Waals surface area contributed by atoms with E-state index in [0.717, 1.165) is 6.42 Å². The van der Waals surface area contributed by atoms with Gasteiger partial charge in [-0.2, -0.15) is 0 Å². The molecule has 0 aromatic heterocycles. The molecule has 4 N–H and O–H groups in total. The molecule has 0 saturated heterocycles. The van der Waals surface area contributed by atoms with Crippen LogP contribution in [-0.4, -0.2) is 12.1 Å². The van der Waals surface area contributed by atoms with Crippen LogP contribution in [0.15, 0.2) is 0 Å². The van der Waals surface area contributed by atoms with Crippen LogP contribution in [0.3, 0.4) is 0 Å². The third kappa shape index (κ3) is 12.2. The van der Waals surface area contributed by atoms with Gasteiger partial charge in [-0.25, -0.2) is 0 Å². The minimum absolute atomic E-state index is 0.432. The predicted molar refractivity (Wildman–Crippen MR) is 78.1 cm³/mol. The van der Waals surface area contributed by atoms with Crippen molar-refractivity contribution in [3.8, 4) is 0 Å². The van der Waals surface area contributed by atoms with Crippen molar-refractivity contribution in [1.29, 1.82) is 0 Å². The second kappa shape index (κ2) is 12.4. The van der Waals surface area contributed by atoms with Crippen LogP contribution in [-0.2, 0) is 0 Å². The Hall–Kier alpha value is -0.0800. The van der Waals surface area contributed by atoms with Crippen molar-refractivity contribution in [1.82, 2.24) is 0 Å². The molecule has 2 atom stereocenters. The van der Waals surface area contributed by atoms with E-state index in [-0.39, 0.29) is 0 Å². The van der Waals surface area contributed by atoms with Crippen molar-refractivity contribution >= 4 is 0 Å². The molecule has 0 heterocycles. The van der Waals surface area contributed by atoms with Crippen LogP contribution in [0, 0.1) is 0 Å². The minimum atomic E-state index is 0.432. The minimum Gasteiger partial charge on any atom is -0.328 e. The molecule has 0 aliphatic heterocycles. The number of rotatable bonds is 12. The first-order valence-electron chi connectivity index (χ1n) is 7.71. The summed E-state index contributed by atoms with van der Waals surface area (Å²) in [6.45, 7) is 4.38. The summed E-state index contributed by atoms with van der Waals surface area (Å²) in [7, 11) is 0. The molecule has 104 valence electrons. The van der Waals surface area contributed by atoms with Crippen LogP contribution in [0.4, 0.5) is 0 Å². The maximum atomic E-state index is 5.98. The van der Waals surface area contributed by atoms with Gasteiger partial charge < -0.3 is 11.5 Å². The zero-order valence-electron chi connectivity index (χ0n) is 12.1. The largest absolute Gasteiger partial charge is 0.328 e. The SMILES string of the molecule is CCCC(N)CCCCCCCCC(N)CC. The average Bonchev–Trinajstić information content (AvgIpc) is 2.32. The summed E-state index contributed by atoms with van der Waals surface area (Å²) in [6.07, 6.45) is 14.0. The zero-order chi connectivity index (χ0) is 12.9. The van der Waals surface area contributed by atoms with Crippen molar-refractivity contribution < 1.29 is 0 Å². The van der Waals surface area contributed by atoms with Gasteiger partial charge in [0.25, 0.3) is 0 Å². The van der Waals surface area contributed by atoms with Crippen LogP contribution in [0.25, 0.3) is 0 Å². The van der Waals surface area contributed by atoms with E-state index >= 15 is 0 Å². The average molecular weight is 242 g/mol. The molecular weight excluding hydrogens is 208 g/mol. The van der Waals surface area contributed by atoms with Crippen LogP contribution in [0.1, 0.15) is 84.5 Å². The lowest BCUT2D eigenvalue weighted by Crippen LogP contribution is -2.18. The van der Waals surface area contributed by atoms with E-state index in [1.54, 1.807) is 0 Å². The van der Waals surface area contributed by atoms with Gasteiger partial charge in [0.15, 0.2) is 0 Å². The Morgan fingerprint density at radius 1 is 0.647 bits per heavy atom. The third-order valence-corrected chi connectivity index (χ3v) is 3.58. The molecule has 0 aromatic rings. The molecule has 0 saturated carbocycles. The molecule has 0 radical (unpaired) electrons. The Bertz CT molecular complexity index is 148. The van der Waals surface area contributed by atoms with E-state index < -0.39 is 0 Å². The standard InChI is InChI=1S/C15H34N2/c1-3-11-15(17)13-10-8-6-5-7-9-12-14(16)4-2/h14-15H,3-13,16-17H2,1-2H3. The highest BCUT2D eigenvalue weighted by Crippen LogP contribution is 2.11. The number of nitrogens with two attached hydrogens (primary N) is 2. The van der Waals surface area contributed by atoms with Gasteiger partial charge in [0.05, 0.1) is 0 Å². The summed E-state index contributed by atoms with van der Waals surface area (Å²) in [5.74, 6) is 0. The number of hydrogen-bond donors (Lipinski definition) is 2. The first kappa shape index (κ1) is 16.9. The molecule has 0 fully saturated rings. The van der Waals surface area contributed by atoms with Gasteiger partial charge in [0, 0.05) is 12.1 Å². The lowest BCUT2D eigenvalue weighted by Gasteiger charge is -2.10. The van der Waals surface area contributed by atoms with E-state index in [4.69, 9.17) is 11.5 Å². The molecule has 0 aromatic carbocycles. The van der Waals surface area contributed by atoms with Gasteiger partial charge in [0.2, 0.25) is 0 Å². The van der Waals surface area contributed by atoms with Crippen molar-refractivity contribution in [2.24, 2.45) is 11.5 Å². The number of hydrogen-bond acceptors (Lipinski definition) is 2. The molecule has 0 aliphatic rings. The molecule has 2 heteroatoms. The maximum Gasteiger partial charge on any atom is 0.00387 e. The smallest absolute Gasteiger partial charge is 0.00387 e. The lowest BCUT2D eigenvalue weighted by atomic mass is 10.0. The Labute approximate surface area is 109 Å². The Morgan fingerprint density at radius 3 is 1.59 bits per heavy atom. The second-order valence-electron chi connectivity index (χ2n) is 5.42. The Morgan fingerprint density at radius 2 is 1.12 bits per heavy atom. The van der Waals surface area contributed by atoms with Crippen LogP contribution < -0.4 is 11.5 Å². The first-order valence-corrected chi connectivity index (χ1v) is 7.71. The predicted octanol–water partition coefficient (Wildman–Crippen LogP) is 3.97. The van der Waals surface area contributed by atoms with Crippen molar-refractivity contribution in [3.05, 3.63) is 0 Å². The summed E-state index contributed by atoms with van der Waals surface area (Å²) in [4.78, 5) is 0. The van der Waals surface area contributed by atoms with E-state index in [1.807, 2.05) is 0 Å². The lowest BCUT2D eigenvalue weighted by molar-refractivity contribution is 0.494. The van der Waals surface area contributed by atoms with Gasteiger partial charge in [0.1, 0.15) is 0 Å². The van der Waals surface area contributed by atoms with E-state index in [2.05, 4.69) is 13.8 Å². The van der Waals surface area contributed by atoms with Crippen LogP contribution in [0.5, 0.6) is 0 Å². The fourth-order valence-electron chi connectivity index (χ4n) is 2.24. The Balaban J connectivity index is 3.08. The zero-order valence-corrected chi connectivity index (χ0v) is 12.1. The molecule has 2 nitrogen and oxygen atoms in total.